The Morgan fingerprint density at radius 2 is 2.17 bits per heavy atom. The Morgan fingerprint density at radius 3 is 2.90 bits per heavy atom. The van der Waals surface area contributed by atoms with Gasteiger partial charge >= 0.3 is 0 Å². The van der Waals surface area contributed by atoms with Crippen LogP contribution in [-0.4, -0.2) is 77.3 Å². The van der Waals surface area contributed by atoms with Crippen LogP contribution in [0, 0.1) is 5.82 Å². The van der Waals surface area contributed by atoms with Crippen molar-refractivity contribution in [3.05, 3.63) is 48.3 Å². The summed E-state index contributed by atoms with van der Waals surface area (Å²) in [5.41, 5.74) is 1.35. The van der Waals surface area contributed by atoms with E-state index in [1.165, 1.54) is 0 Å². The summed E-state index contributed by atoms with van der Waals surface area (Å²) in [5, 5.41) is 3.39. The van der Waals surface area contributed by atoms with Gasteiger partial charge in [0.05, 0.1) is 31.8 Å². The first-order chi connectivity index (χ1) is 14.2. The Labute approximate surface area is 171 Å². The molecule has 0 bridgehead atoms. The minimum atomic E-state index is -0.269. The predicted molar refractivity (Wildman–Crippen MR) is 111 cm³/mol. The van der Waals surface area contributed by atoms with Gasteiger partial charge in [-0.1, -0.05) is 6.07 Å². The molecule has 2 fully saturated rings. The van der Waals surface area contributed by atoms with E-state index >= 15 is 0 Å². The third-order valence-electron chi connectivity index (χ3n) is 5.57. The second-order valence-corrected chi connectivity index (χ2v) is 7.46. The Kier molecular flexibility index (Phi) is 6.41. The molecule has 4 rings (SSSR count). The van der Waals surface area contributed by atoms with Gasteiger partial charge in [-0.2, -0.15) is 0 Å². The molecular formula is C21H29FN6O. The molecule has 1 aromatic carbocycles. The third-order valence-corrected chi connectivity index (χ3v) is 5.57. The largest absolute Gasteiger partial charge is 0.379 e. The van der Waals surface area contributed by atoms with E-state index in [-0.39, 0.29) is 5.82 Å². The van der Waals surface area contributed by atoms with Crippen LogP contribution in [0.25, 0.3) is 5.69 Å². The summed E-state index contributed by atoms with van der Waals surface area (Å²) in [6.07, 6.45) is 6.11. The van der Waals surface area contributed by atoms with E-state index in [1.807, 2.05) is 6.07 Å². The zero-order chi connectivity index (χ0) is 20.1. The minimum absolute atomic E-state index is 0.269. The van der Waals surface area contributed by atoms with E-state index in [9.17, 15) is 4.39 Å². The number of benzene rings is 1. The number of hydrogen-bond acceptors (Lipinski definition) is 4. The smallest absolute Gasteiger partial charge is 0.194 e. The number of nitrogens with one attached hydrogen (secondary N) is 1. The van der Waals surface area contributed by atoms with Gasteiger partial charge in [-0.05, 0) is 31.0 Å². The van der Waals surface area contributed by atoms with Crippen LogP contribution in [-0.2, 0) is 11.3 Å². The Balaban J connectivity index is 1.41. The number of nitrogens with zero attached hydrogens (tertiary/aromatic N) is 5. The minimum Gasteiger partial charge on any atom is -0.379 e. The van der Waals surface area contributed by atoms with Gasteiger partial charge in [0.2, 0.25) is 0 Å². The molecule has 7 nitrogen and oxygen atoms in total. The summed E-state index contributed by atoms with van der Waals surface area (Å²) in [6, 6.07) is 5.81. The second-order valence-electron chi connectivity index (χ2n) is 7.46. The molecule has 1 aromatic heterocycles. The number of rotatable bonds is 5. The van der Waals surface area contributed by atoms with Gasteiger partial charge in [0.1, 0.15) is 5.82 Å². The average molecular weight is 401 g/mol. The molecule has 0 radical (unpaired) electrons. The van der Waals surface area contributed by atoms with Crippen LogP contribution in [0.2, 0.25) is 0 Å². The first-order valence-corrected chi connectivity index (χ1v) is 10.4. The van der Waals surface area contributed by atoms with Gasteiger partial charge in [0.25, 0.3) is 0 Å². The summed E-state index contributed by atoms with van der Waals surface area (Å²) in [4.78, 5) is 13.6. The van der Waals surface area contributed by atoms with E-state index in [2.05, 4.69) is 27.0 Å². The molecule has 1 unspecified atom stereocenters. The number of aromatic nitrogens is 2. The van der Waals surface area contributed by atoms with Gasteiger partial charge in [0, 0.05) is 51.2 Å². The lowest BCUT2D eigenvalue weighted by Crippen LogP contribution is -2.46. The van der Waals surface area contributed by atoms with Crippen LogP contribution in [0.4, 0.5) is 4.39 Å². The molecule has 156 valence electrons. The lowest BCUT2D eigenvalue weighted by atomic mass is 10.2. The lowest BCUT2D eigenvalue weighted by Gasteiger charge is -2.32. The van der Waals surface area contributed by atoms with E-state index in [1.54, 1.807) is 35.4 Å². The quantitative estimate of drug-likeness (QED) is 0.614. The zero-order valence-corrected chi connectivity index (χ0v) is 16.9. The van der Waals surface area contributed by atoms with Crippen LogP contribution in [0.3, 0.4) is 0 Å². The summed E-state index contributed by atoms with van der Waals surface area (Å²) in [7, 11) is 0. The average Bonchev–Trinajstić information content (AvgIpc) is 3.44. The second kappa shape index (κ2) is 9.37. The summed E-state index contributed by atoms with van der Waals surface area (Å²) in [6.45, 7) is 8.96. The first-order valence-electron chi connectivity index (χ1n) is 10.4. The maximum absolute atomic E-state index is 14.5. The standard InChI is InChI=1S/C21H29FN6O/c1-2-24-21(27-7-5-18(15-27)26-9-11-29-12-10-26)25-14-17-3-4-20(19(22)13-17)28-8-6-23-16-28/h3-4,6,8,13,16,18H,2,5,7,9-12,14-15H2,1H3,(H,24,25). The zero-order valence-electron chi connectivity index (χ0n) is 16.9. The molecule has 29 heavy (non-hydrogen) atoms. The fourth-order valence-corrected chi connectivity index (χ4v) is 4.03. The molecule has 0 amide bonds. The van der Waals surface area contributed by atoms with Crippen LogP contribution in [0.15, 0.2) is 41.9 Å². The highest BCUT2D eigenvalue weighted by Gasteiger charge is 2.30. The molecule has 2 aromatic rings. The van der Waals surface area contributed by atoms with Crippen molar-refractivity contribution in [3.63, 3.8) is 0 Å². The van der Waals surface area contributed by atoms with Crippen LogP contribution >= 0.6 is 0 Å². The number of guanidine groups is 1. The van der Waals surface area contributed by atoms with Gasteiger partial charge in [-0.15, -0.1) is 0 Å². The van der Waals surface area contributed by atoms with Crippen molar-refractivity contribution in [2.45, 2.75) is 25.9 Å². The van der Waals surface area contributed by atoms with E-state index in [0.717, 1.165) is 63.9 Å². The van der Waals surface area contributed by atoms with E-state index in [4.69, 9.17) is 9.73 Å². The number of hydrogen-bond donors (Lipinski definition) is 1. The molecule has 2 aliphatic rings. The highest BCUT2D eigenvalue weighted by Crippen LogP contribution is 2.18. The fourth-order valence-electron chi connectivity index (χ4n) is 4.03. The molecular weight excluding hydrogens is 371 g/mol. The maximum atomic E-state index is 14.5. The van der Waals surface area contributed by atoms with Crippen molar-refractivity contribution >= 4 is 5.96 Å². The molecule has 8 heteroatoms. The molecule has 0 aliphatic carbocycles. The monoisotopic (exact) mass is 400 g/mol. The summed E-state index contributed by atoms with van der Waals surface area (Å²) < 4.78 is 21.6. The first kappa shape index (κ1) is 19.8. The van der Waals surface area contributed by atoms with Crippen LogP contribution < -0.4 is 5.32 Å². The van der Waals surface area contributed by atoms with Gasteiger partial charge in [-0.25, -0.2) is 14.4 Å². The van der Waals surface area contributed by atoms with Gasteiger partial charge in [-0.3, -0.25) is 4.90 Å². The van der Waals surface area contributed by atoms with Crippen LogP contribution in [0.5, 0.6) is 0 Å². The normalized spacial score (nSPS) is 21.0. The molecule has 1 N–H and O–H groups in total. The highest BCUT2D eigenvalue weighted by atomic mass is 19.1. The molecule has 0 spiro atoms. The lowest BCUT2D eigenvalue weighted by molar-refractivity contribution is 0.0195. The topological polar surface area (TPSA) is 57.9 Å². The Bertz CT molecular complexity index is 819. The van der Waals surface area contributed by atoms with Crippen molar-refractivity contribution in [3.8, 4) is 5.69 Å². The SMILES string of the molecule is CCNC(=NCc1ccc(-n2ccnc2)c(F)c1)N1CCC(N2CCOCC2)C1. The Morgan fingerprint density at radius 1 is 1.31 bits per heavy atom. The number of halogens is 1. The van der Waals surface area contributed by atoms with Crippen molar-refractivity contribution in [2.24, 2.45) is 4.99 Å². The van der Waals surface area contributed by atoms with Gasteiger partial charge < -0.3 is 19.5 Å². The van der Waals surface area contributed by atoms with Crippen molar-refractivity contribution in [1.82, 2.24) is 24.7 Å². The maximum Gasteiger partial charge on any atom is 0.194 e. The van der Waals surface area contributed by atoms with Crippen molar-refractivity contribution < 1.29 is 9.13 Å². The highest BCUT2D eigenvalue weighted by molar-refractivity contribution is 5.80. The van der Waals surface area contributed by atoms with E-state index < -0.39 is 0 Å². The Hall–Kier alpha value is -2.45. The van der Waals surface area contributed by atoms with Crippen LogP contribution in [0.1, 0.15) is 18.9 Å². The molecule has 2 saturated heterocycles. The molecule has 3 heterocycles. The van der Waals surface area contributed by atoms with Crippen molar-refractivity contribution in [2.75, 3.05) is 45.9 Å². The van der Waals surface area contributed by atoms with Crippen molar-refractivity contribution in [1.29, 1.82) is 0 Å². The van der Waals surface area contributed by atoms with Gasteiger partial charge in [0.15, 0.2) is 5.96 Å². The molecule has 1 atom stereocenters. The molecule has 2 aliphatic heterocycles. The number of aliphatic imine (C=N–C) groups is 1. The molecule has 0 saturated carbocycles. The predicted octanol–water partition coefficient (Wildman–Crippen LogP) is 1.88. The van der Waals surface area contributed by atoms with E-state index in [0.29, 0.717) is 18.3 Å². The number of ether oxygens (including phenoxy) is 1. The fraction of sp³-hybridized carbons (Fsp3) is 0.524. The number of morpholine rings is 1. The summed E-state index contributed by atoms with van der Waals surface area (Å²) >= 11 is 0. The third kappa shape index (κ3) is 4.76. The summed E-state index contributed by atoms with van der Waals surface area (Å²) in [5.74, 6) is 0.636. The number of imidazole rings is 1. The number of likely N-dealkylation sites (tertiary alicyclic amines) is 1.